The van der Waals surface area contributed by atoms with Gasteiger partial charge in [0.2, 0.25) is 0 Å². The largest absolute Gasteiger partial charge is 0.459 e. The van der Waals surface area contributed by atoms with Gasteiger partial charge < -0.3 is 18.6 Å². The number of hydrogen-bond donors (Lipinski definition) is 0. The number of carbonyl (C=O) groups excluding carboxylic acids is 1. The zero-order valence-corrected chi connectivity index (χ0v) is 14.4. The molecule has 1 atom stereocenters. The summed E-state index contributed by atoms with van der Waals surface area (Å²) in [4.78, 5) is 18.9. The summed E-state index contributed by atoms with van der Waals surface area (Å²) in [5.41, 5.74) is 1.96. The van der Waals surface area contributed by atoms with Crippen LogP contribution in [0.15, 0.2) is 45.8 Å². The molecule has 1 fully saturated rings. The van der Waals surface area contributed by atoms with Crippen molar-refractivity contribution in [3.63, 3.8) is 0 Å². The Morgan fingerprint density at radius 3 is 3.08 bits per heavy atom. The molecule has 3 aromatic rings. The molecule has 5 heterocycles. The molecular formula is C18H17N3O3S. The van der Waals surface area contributed by atoms with Gasteiger partial charge in [0, 0.05) is 17.5 Å². The summed E-state index contributed by atoms with van der Waals surface area (Å²) in [5, 5.41) is 4.21. The Morgan fingerprint density at radius 1 is 1.32 bits per heavy atom. The van der Waals surface area contributed by atoms with Crippen molar-refractivity contribution in [2.24, 2.45) is 0 Å². The van der Waals surface area contributed by atoms with E-state index in [0.29, 0.717) is 25.5 Å². The van der Waals surface area contributed by atoms with Gasteiger partial charge in [-0.2, -0.15) is 11.3 Å². The molecule has 1 unspecified atom stereocenters. The van der Waals surface area contributed by atoms with Crippen LogP contribution in [0, 0.1) is 0 Å². The van der Waals surface area contributed by atoms with Crippen molar-refractivity contribution in [1.29, 1.82) is 0 Å². The molecule has 1 amide bonds. The zero-order valence-electron chi connectivity index (χ0n) is 13.6. The number of likely N-dealkylation sites (tertiary alicyclic amines) is 1. The highest BCUT2D eigenvalue weighted by Gasteiger charge is 2.45. The molecule has 0 aromatic carbocycles. The average Bonchev–Trinajstić information content (AvgIpc) is 3.41. The molecule has 5 rings (SSSR count). The van der Waals surface area contributed by atoms with E-state index in [4.69, 9.17) is 9.15 Å². The first-order valence-corrected chi connectivity index (χ1v) is 9.22. The Labute approximate surface area is 148 Å². The number of hydrogen-bond acceptors (Lipinski definition) is 5. The third-order valence-electron chi connectivity index (χ3n) is 5.04. The monoisotopic (exact) mass is 355 g/mol. The summed E-state index contributed by atoms with van der Waals surface area (Å²) in [6.07, 6.45) is 4.27. The number of aromatic nitrogens is 2. The SMILES string of the molecule is O=C(c1ccco1)N1CCC2(C1)Cn1c(-c3ccsc3)cnc1CO2. The third kappa shape index (κ3) is 2.42. The molecule has 128 valence electrons. The number of ether oxygens (including phenoxy) is 1. The molecular weight excluding hydrogens is 338 g/mol. The van der Waals surface area contributed by atoms with Gasteiger partial charge in [-0.05, 0) is 30.0 Å². The molecule has 2 aliphatic heterocycles. The lowest BCUT2D eigenvalue weighted by Gasteiger charge is -2.35. The Balaban J connectivity index is 1.40. The Bertz CT molecular complexity index is 900. The minimum Gasteiger partial charge on any atom is -0.459 e. The maximum Gasteiger partial charge on any atom is 0.289 e. The van der Waals surface area contributed by atoms with Gasteiger partial charge in [0.05, 0.1) is 31.2 Å². The van der Waals surface area contributed by atoms with E-state index in [1.807, 2.05) is 11.1 Å². The first-order valence-electron chi connectivity index (χ1n) is 8.28. The summed E-state index contributed by atoms with van der Waals surface area (Å²) in [6.45, 7) is 2.45. The van der Waals surface area contributed by atoms with E-state index in [-0.39, 0.29) is 11.5 Å². The van der Waals surface area contributed by atoms with Crippen LogP contribution < -0.4 is 0 Å². The number of imidazole rings is 1. The zero-order chi connectivity index (χ0) is 16.9. The molecule has 0 saturated carbocycles. The molecule has 1 spiro atoms. The van der Waals surface area contributed by atoms with Gasteiger partial charge in [-0.25, -0.2) is 4.98 Å². The van der Waals surface area contributed by atoms with Crippen molar-refractivity contribution in [2.45, 2.75) is 25.2 Å². The van der Waals surface area contributed by atoms with Crippen LogP contribution in [0.25, 0.3) is 11.3 Å². The fourth-order valence-electron chi connectivity index (χ4n) is 3.72. The first kappa shape index (κ1) is 14.9. The van der Waals surface area contributed by atoms with Crippen LogP contribution >= 0.6 is 11.3 Å². The van der Waals surface area contributed by atoms with E-state index < -0.39 is 0 Å². The van der Waals surface area contributed by atoms with Crippen molar-refractivity contribution in [3.8, 4) is 11.3 Å². The normalized spacial score (nSPS) is 22.5. The van der Waals surface area contributed by atoms with Crippen molar-refractivity contribution < 1.29 is 13.9 Å². The number of nitrogens with zero attached hydrogens (tertiary/aromatic N) is 3. The minimum atomic E-state index is -0.347. The van der Waals surface area contributed by atoms with Crippen LogP contribution in [0.4, 0.5) is 0 Å². The topological polar surface area (TPSA) is 60.5 Å². The lowest BCUT2D eigenvalue weighted by molar-refractivity contribution is -0.0805. The quantitative estimate of drug-likeness (QED) is 0.709. The molecule has 0 bridgehead atoms. The van der Waals surface area contributed by atoms with Gasteiger partial charge >= 0.3 is 0 Å². The molecule has 25 heavy (non-hydrogen) atoms. The maximum atomic E-state index is 12.5. The van der Waals surface area contributed by atoms with Crippen LogP contribution in [0.1, 0.15) is 22.8 Å². The minimum absolute atomic E-state index is 0.0695. The molecule has 3 aromatic heterocycles. The smallest absolute Gasteiger partial charge is 0.289 e. The van der Waals surface area contributed by atoms with Crippen molar-refractivity contribution in [1.82, 2.24) is 14.5 Å². The second-order valence-corrected chi connectivity index (χ2v) is 7.36. The lowest BCUT2D eigenvalue weighted by atomic mass is 10.0. The maximum absolute atomic E-state index is 12.5. The fourth-order valence-corrected chi connectivity index (χ4v) is 4.37. The van der Waals surface area contributed by atoms with Gasteiger partial charge in [0.25, 0.3) is 5.91 Å². The highest BCUT2D eigenvalue weighted by Crippen LogP contribution is 2.36. The summed E-state index contributed by atoms with van der Waals surface area (Å²) < 4.78 is 13.7. The number of furan rings is 1. The number of fused-ring (bicyclic) bond motifs is 1. The summed E-state index contributed by atoms with van der Waals surface area (Å²) >= 11 is 1.68. The summed E-state index contributed by atoms with van der Waals surface area (Å²) in [7, 11) is 0. The van der Waals surface area contributed by atoms with Crippen molar-refractivity contribution >= 4 is 17.2 Å². The van der Waals surface area contributed by atoms with Gasteiger partial charge in [-0.3, -0.25) is 4.79 Å². The highest BCUT2D eigenvalue weighted by atomic mass is 32.1. The van der Waals surface area contributed by atoms with Crippen LogP contribution in [0.5, 0.6) is 0 Å². The van der Waals surface area contributed by atoms with E-state index in [2.05, 4.69) is 26.4 Å². The number of thiophene rings is 1. The van der Waals surface area contributed by atoms with Crippen LogP contribution in [-0.4, -0.2) is 39.0 Å². The lowest BCUT2D eigenvalue weighted by Crippen LogP contribution is -2.45. The van der Waals surface area contributed by atoms with E-state index in [9.17, 15) is 4.79 Å². The van der Waals surface area contributed by atoms with Crippen LogP contribution in [-0.2, 0) is 17.9 Å². The number of carbonyl (C=O) groups is 1. The van der Waals surface area contributed by atoms with E-state index in [0.717, 1.165) is 24.5 Å². The van der Waals surface area contributed by atoms with Gasteiger partial charge in [-0.15, -0.1) is 0 Å². The first-order chi connectivity index (χ1) is 12.2. The standard InChI is InChI=1S/C18H17N3O3S/c22-17(15-2-1-6-23-15)20-5-4-18(11-20)12-21-14(13-3-7-25-10-13)8-19-16(21)9-24-18/h1-3,6-8,10H,4-5,9,11-12H2. The van der Waals surface area contributed by atoms with Crippen molar-refractivity contribution in [2.75, 3.05) is 13.1 Å². The Morgan fingerprint density at radius 2 is 2.28 bits per heavy atom. The van der Waals surface area contributed by atoms with Crippen LogP contribution in [0.3, 0.4) is 0 Å². The van der Waals surface area contributed by atoms with Gasteiger partial charge in [-0.1, -0.05) is 0 Å². The average molecular weight is 355 g/mol. The molecule has 7 heteroatoms. The summed E-state index contributed by atoms with van der Waals surface area (Å²) in [6, 6.07) is 5.55. The second-order valence-electron chi connectivity index (χ2n) is 6.58. The van der Waals surface area contributed by atoms with E-state index >= 15 is 0 Å². The van der Waals surface area contributed by atoms with Gasteiger partial charge in [0.15, 0.2) is 5.76 Å². The summed E-state index contributed by atoms with van der Waals surface area (Å²) in [5.74, 6) is 1.26. The third-order valence-corrected chi connectivity index (χ3v) is 5.73. The second kappa shape index (κ2) is 5.57. The molecule has 1 saturated heterocycles. The number of rotatable bonds is 2. The predicted molar refractivity (Wildman–Crippen MR) is 92.3 cm³/mol. The Hall–Kier alpha value is -2.38. The highest BCUT2D eigenvalue weighted by molar-refractivity contribution is 7.08. The van der Waals surface area contributed by atoms with Crippen molar-refractivity contribution in [3.05, 3.63) is 53.0 Å². The van der Waals surface area contributed by atoms with E-state index in [1.165, 1.54) is 11.8 Å². The number of amides is 1. The molecule has 0 N–H and O–H groups in total. The Kier molecular flexibility index (Phi) is 3.33. The molecule has 0 aliphatic carbocycles. The van der Waals surface area contributed by atoms with Crippen LogP contribution in [0.2, 0.25) is 0 Å². The predicted octanol–water partition coefficient (Wildman–Crippen LogP) is 3.02. The molecule has 2 aliphatic rings. The molecule has 0 radical (unpaired) electrons. The fraction of sp³-hybridized carbons (Fsp3) is 0.333. The van der Waals surface area contributed by atoms with Gasteiger partial charge in [0.1, 0.15) is 18.0 Å². The molecule has 6 nitrogen and oxygen atoms in total. The van der Waals surface area contributed by atoms with E-state index in [1.54, 1.807) is 23.5 Å².